The van der Waals surface area contributed by atoms with E-state index in [1.807, 2.05) is 6.92 Å². The van der Waals surface area contributed by atoms with E-state index in [4.69, 9.17) is 14.5 Å². The number of benzene rings is 2. The van der Waals surface area contributed by atoms with Crippen molar-refractivity contribution in [2.24, 2.45) is 5.16 Å². The van der Waals surface area contributed by atoms with Crippen molar-refractivity contribution in [2.75, 3.05) is 0 Å². The Kier molecular flexibility index (Phi) is 4.57. The van der Waals surface area contributed by atoms with Gasteiger partial charge in [0.05, 0.1) is 28.5 Å². The van der Waals surface area contributed by atoms with Crippen LogP contribution in [0.3, 0.4) is 0 Å². The summed E-state index contributed by atoms with van der Waals surface area (Å²) in [6, 6.07) is 13.1. The molecule has 1 fully saturated rings. The topological polar surface area (TPSA) is 78.3 Å². The van der Waals surface area contributed by atoms with Crippen molar-refractivity contribution in [3.63, 3.8) is 0 Å². The van der Waals surface area contributed by atoms with Crippen molar-refractivity contribution in [1.82, 2.24) is 19.9 Å². The Hall–Kier alpha value is -3.55. The highest BCUT2D eigenvalue weighted by molar-refractivity contribution is 6.04. The average Bonchev–Trinajstić information content (AvgIpc) is 3.61. The third kappa shape index (κ3) is 3.32. The summed E-state index contributed by atoms with van der Waals surface area (Å²) >= 11 is 0. The van der Waals surface area contributed by atoms with Crippen LogP contribution in [0, 0.1) is 12.7 Å². The molecule has 2 aliphatic rings. The molecule has 2 aromatic carbocycles. The first-order valence-corrected chi connectivity index (χ1v) is 11.4. The second-order valence-electron chi connectivity index (χ2n) is 9.14. The van der Waals surface area contributed by atoms with E-state index in [1.54, 1.807) is 18.2 Å². The molecule has 4 aromatic rings. The zero-order valence-electron chi connectivity index (χ0n) is 18.6. The highest BCUT2D eigenvalue weighted by atomic mass is 19.1. The van der Waals surface area contributed by atoms with Crippen LogP contribution < -0.4 is 0 Å². The number of aryl methyl sites for hydroxylation is 1. The molecule has 1 atom stereocenters. The standard InChI is InChI=1S/C25H24FN5O2/c1-15-18-12-11-16(13-22(18)31(28-15)17-7-3-4-8-17)21-14-25(2,33-29-21)24-27-23(32-30-24)19-9-5-6-10-20(19)26/h5-6,9-13,17H,3-4,7-8,14H2,1-2H3. The molecule has 0 bridgehead atoms. The molecule has 7 nitrogen and oxygen atoms in total. The first-order chi connectivity index (χ1) is 16.0. The summed E-state index contributed by atoms with van der Waals surface area (Å²) in [7, 11) is 0. The number of nitrogens with zero attached hydrogens (tertiary/aromatic N) is 5. The zero-order chi connectivity index (χ0) is 22.6. The van der Waals surface area contributed by atoms with Gasteiger partial charge >= 0.3 is 0 Å². The third-order valence-electron chi connectivity index (χ3n) is 6.76. The van der Waals surface area contributed by atoms with Gasteiger partial charge in [0.15, 0.2) is 0 Å². The molecular formula is C25H24FN5O2. The fraction of sp³-hybridized carbons (Fsp3) is 0.360. The molecule has 1 saturated carbocycles. The minimum absolute atomic E-state index is 0.124. The molecule has 0 radical (unpaired) electrons. The summed E-state index contributed by atoms with van der Waals surface area (Å²) in [5.74, 6) is 0.0516. The van der Waals surface area contributed by atoms with E-state index in [0.29, 0.717) is 18.3 Å². The molecule has 0 amide bonds. The summed E-state index contributed by atoms with van der Waals surface area (Å²) < 4.78 is 21.7. The number of aromatic nitrogens is 4. The summed E-state index contributed by atoms with van der Waals surface area (Å²) in [5, 5.41) is 14.4. The monoisotopic (exact) mass is 445 g/mol. The second kappa shape index (κ2) is 7.50. The molecule has 3 heterocycles. The minimum Gasteiger partial charge on any atom is -0.380 e. The van der Waals surface area contributed by atoms with E-state index in [2.05, 4.69) is 45.1 Å². The molecule has 0 N–H and O–H groups in total. The van der Waals surface area contributed by atoms with Crippen LogP contribution in [-0.4, -0.2) is 25.6 Å². The van der Waals surface area contributed by atoms with Gasteiger partial charge in [0.25, 0.3) is 5.89 Å². The van der Waals surface area contributed by atoms with Crippen molar-refractivity contribution in [3.05, 3.63) is 65.4 Å². The van der Waals surface area contributed by atoms with Crippen LogP contribution >= 0.6 is 0 Å². The summed E-state index contributed by atoms with van der Waals surface area (Å²) in [6.07, 6.45) is 5.33. The van der Waals surface area contributed by atoms with Crippen LogP contribution in [0.5, 0.6) is 0 Å². The molecule has 1 aliphatic heterocycles. The molecule has 168 valence electrons. The lowest BCUT2D eigenvalue weighted by molar-refractivity contribution is -0.0159. The van der Waals surface area contributed by atoms with E-state index < -0.39 is 11.4 Å². The Morgan fingerprint density at radius 2 is 1.94 bits per heavy atom. The van der Waals surface area contributed by atoms with Crippen molar-refractivity contribution in [2.45, 2.75) is 57.6 Å². The quantitative estimate of drug-likeness (QED) is 0.403. The lowest BCUT2D eigenvalue weighted by atomic mass is 9.94. The number of fused-ring (bicyclic) bond motifs is 1. The fourth-order valence-corrected chi connectivity index (χ4v) is 4.90. The Morgan fingerprint density at radius 3 is 2.76 bits per heavy atom. The Labute approximate surface area is 190 Å². The van der Waals surface area contributed by atoms with E-state index in [0.717, 1.165) is 22.5 Å². The van der Waals surface area contributed by atoms with Gasteiger partial charge in [-0.3, -0.25) is 4.68 Å². The zero-order valence-corrected chi connectivity index (χ0v) is 18.6. The van der Waals surface area contributed by atoms with Crippen LogP contribution in [0.4, 0.5) is 4.39 Å². The van der Waals surface area contributed by atoms with Crippen molar-refractivity contribution in [1.29, 1.82) is 0 Å². The molecule has 33 heavy (non-hydrogen) atoms. The van der Waals surface area contributed by atoms with Gasteiger partial charge < -0.3 is 9.36 Å². The van der Waals surface area contributed by atoms with E-state index in [1.165, 1.54) is 37.1 Å². The predicted molar refractivity (Wildman–Crippen MR) is 121 cm³/mol. The highest BCUT2D eigenvalue weighted by Gasteiger charge is 2.41. The molecule has 1 aliphatic carbocycles. The molecule has 1 unspecified atom stereocenters. The van der Waals surface area contributed by atoms with Gasteiger partial charge in [0.1, 0.15) is 5.82 Å². The number of hydrogen-bond donors (Lipinski definition) is 0. The van der Waals surface area contributed by atoms with E-state index in [9.17, 15) is 4.39 Å². The van der Waals surface area contributed by atoms with Gasteiger partial charge in [-0.1, -0.05) is 47.4 Å². The van der Waals surface area contributed by atoms with Crippen LogP contribution in [-0.2, 0) is 10.4 Å². The van der Waals surface area contributed by atoms with Crippen molar-refractivity contribution >= 4 is 16.6 Å². The SMILES string of the molecule is Cc1nn(C2CCCC2)c2cc(C3=NOC(C)(c4noc(-c5ccccc5F)n4)C3)ccc12. The predicted octanol–water partition coefficient (Wildman–Crippen LogP) is 5.69. The molecule has 8 heteroatoms. The number of oxime groups is 1. The third-order valence-corrected chi connectivity index (χ3v) is 6.76. The number of hydrogen-bond acceptors (Lipinski definition) is 6. The van der Waals surface area contributed by atoms with Gasteiger partial charge in [0, 0.05) is 17.4 Å². The highest BCUT2D eigenvalue weighted by Crippen LogP contribution is 2.37. The molecule has 6 rings (SSSR count). The number of rotatable bonds is 4. The van der Waals surface area contributed by atoms with Gasteiger partial charge in [-0.2, -0.15) is 10.1 Å². The first-order valence-electron chi connectivity index (χ1n) is 11.4. The Balaban J connectivity index is 1.29. The molecule has 0 saturated heterocycles. The molecular weight excluding hydrogens is 421 g/mol. The fourth-order valence-electron chi connectivity index (χ4n) is 4.90. The maximum absolute atomic E-state index is 14.1. The second-order valence-corrected chi connectivity index (χ2v) is 9.14. The minimum atomic E-state index is -0.890. The van der Waals surface area contributed by atoms with Gasteiger partial charge in [0.2, 0.25) is 11.4 Å². The maximum atomic E-state index is 14.1. The lowest BCUT2D eigenvalue weighted by Gasteiger charge is -2.16. The largest absolute Gasteiger partial charge is 0.380 e. The summed E-state index contributed by atoms with van der Waals surface area (Å²) in [6.45, 7) is 3.93. The van der Waals surface area contributed by atoms with Crippen LogP contribution in [0.25, 0.3) is 22.4 Å². The first kappa shape index (κ1) is 20.1. The van der Waals surface area contributed by atoms with Gasteiger partial charge in [-0.05, 0) is 44.9 Å². The Morgan fingerprint density at radius 1 is 1.12 bits per heavy atom. The summed E-state index contributed by atoms with van der Waals surface area (Å²) in [5.41, 5.74) is 3.36. The maximum Gasteiger partial charge on any atom is 0.261 e. The van der Waals surface area contributed by atoms with Crippen molar-refractivity contribution < 1.29 is 13.8 Å². The normalized spacial score (nSPS) is 21.0. The van der Waals surface area contributed by atoms with Gasteiger partial charge in [-0.15, -0.1) is 0 Å². The van der Waals surface area contributed by atoms with Crippen LogP contribution in [0.15, 0.2) is 52.1 Å². The van der Waals surface area contributed by atoms with Crippen LogP contribution in [0.2, 0.25) is 0 Å². The van der Waals surface area contributed by atoms with Crippen LogP contribution in [0.1, 0.15) is 62.2 Å². The average molecular weight is 445 g/mol. The smallest absolute Gasteiger partial charge is 0.261 e. The lowest BCUT2D eigenvalue weighted by Crippen LogP contribution is -2.23. The Bertz CT molecular complexity index is 1380. The molecule has 0 spiro atoms. The van der Waals surface area contributed by atoms with E-state index in [-0.39, 0.29) is 11.5 Å². The van der Waals surface area contributed by atoms with Gasteiger partial charge in [-0.25, -0.2) is 4.39 Å². The van der Waals surface area contributed by atoms with Crippen molar-refractivity contribution in [3.8, 4) is 11.5 Å². The number of halogens is 1. The summed E-state index contributed by atoms with van der Waals surface area (Å²) in [4.78, 5) is 10.2. The van der Waals surface area contributed by atoms with E-state index >= 15 is 0 Å². The molecule has 2 aromatic heterocycles.